The maximum absolute atomic E-state index is 13.4. The second kappa shape index (κ2) is 7.58. The zero-order chi connectivity index (χ0) is 18.8. The van der Waals surface area contributed by atoms with E-state index in [1.54, 1.807) is 14.2 Å². The van der Waals surface area contributed by atoms with E-state index in [0.717, 1.165) is 48.3 Å². The molecular formula is C20H29N3O3. The molecule has 1 fully saturated rings. The molecule has 1 atom stereocenters. The van der Waals surface area contributed by atoms with Crippen LogP contribution in [0.1, 0.15) is 29.8 Å². The van der Waals surface area contributed by atoms with Crippen LogP contribution >= 0.6 is 0 Å². The predicted molar refractivity (Wildman–Crippen MR) is 103 cm³/mol. The lowest BCUT2D eigenvalue weighted by atomic mass is 10.0. The molecular weight excluding hydrogens is 330 g/mol. The van der Waals surface area contributed by atoms with Crippen molar-refractivity contribution >= 4 is 16.8 Å². The molecule has 0 N–H and O–H groups in total. The van der Waals surface area contributed by atoms with Crippen LogP contribution in [-0.2, 0) is 7.05 Å². The average molecular weight is 359 g/mol. The normalized spacial score (nSPS) is 17.8. The van der Waals surface area contributed by atoms with Crippen LogP contribution in [0, 0.1) is 0 Å². The van der Waals surface area contributed by atoms with Crippen LogP contribution in [-0.4, -0.2) is 67.7 Å². The van der Waals surface area contributed by atoms with E-state index in [4.69, 9.17) is 9.47 Å². The number of aromatic nitrogens is 1. The number of methoxy groups -OCH3 is 2. The maximum Gasteiger partial charge on any atom is 0.270 e. The number of carbonyl (C=O) groups excluding carboxylic acids is 1. The number of rotatable bonds is 5. The number of hydrogen-bond donors (Lipinski definition) is 0. The van der Waals surface area contributed by atoms with Crippen molar-refractivity contribution < 1.29 is 14.3 Å². The minimum atomic E-state index is 0.0938. The quantitative estimate of drug-likeness (QED) is 0.824. The molecule has 0 spiro atoms. The van der Waals surface area contributed by atoms with E-state index in [1.807, 2.05) is 34.7 Å². The summed E-state index contributed by atoms with van der Waals surface area (Å²) in [6.45, 7) is 1.71. The molecule has 2 aromatic rings. The summed E-state index contributed by atoms with van der Waals surface area (Å²) < 4.78 is 12.8. The van der Waals surface area contributed by atoms with Crippen molar-refractivity contribution in [2.24, 2.45) is 7.05 Å². The Kier molecular flexibility index (Phi) is 5.41. The van der Waals surface area contributed by atoms with Gasteiger partial charge in [-0.2, -0.15) is 0 Å². The standard InChI is InChI=1S/C20H29N3O3/c1-21(2)13-14-8-6-7-9-23(14)20(24)18-12-16-17(22(18)3)10-15(25-4)11-19(16)26-5/h10-12,14H,6-9,13H2,1-5H3. The molecule has 0 bridgehead atoms. The van der Waals surface area contributed by atoms with Gasteiger partial charge in [-0.05, 0) is 39.4 Å². The number of carbonyl (C=O) groups is 1. The molecule has 0 radical (unpaired) electrons. The van der Waals surface area contributed by atoms with Gasteiger partial charge in [0.25, 0.3) is 5.91 Å². The molecule has 142 valence electrons. The average Bonchev–Trinajstić information content (AvgIpc) is 2.97. The number of piperidine rings is 1. The Morgan fingerprint density at radius 2 is 1.96 bits per heavy atom. The Morgan fingerprint density at radius 1 is 1.19 bits per heavy atom. The first-order chi connectivity index (χ1) is 12.5. The number of nitrogens with zero attached hydrogens (tertiary/aromatic N) is 3. The summed E-state index contributed by atoms with van der Waals surface area (Å²) in [4.78, 5) is 17.6. The number of likely N-dealkylation sites (tertiary alicyclic amines) is 1. The minimum absolute atomic E-state index is 0.0938. The summed E-state index contributed by atoms with van der Waals surface area (Å²) in [7, 11) is 9.32. The second-order valence-electron chi connectivity index (χ2n) is 7.26. The first-order valence-electron chi connectivity index (χ1n) is 9.13. The molecule has 1 aliphatic rings. The molecule has 1 aromatic heterocycles. The van der Waals surface area contributed by atoms with E-state index < -0.39 is 0 Å². The smallest absolute Gasteiger partial charge is 0.270 e. The van der Waals surface area contributed by atoms with Crippen molar-refractivity contribution in [1.29, 1.82) is 0 Å². The van der Waals surface area contributed by atoms with Gasteiger partial charge in [0.15, 0.2) is 0 Å². The van der Waals surface area contributed by atoms with Crippen molar-refractivity contribution in [2.45, 2.75) is 25.3 Å². The fraction of sp³-hybridized carbons (Fsp3) is 0.550. The van der Waals surface area contributed by atoms with Gasteiger partial charge in [-0.3, -0.25) is 4.79 Å². The van der Waals surface area contributed by atoms with Gasteiger partial charge in [0.1, 0.15) is 17.2 Å². The fourth-order valence-corrected chi connectivity index (χ4v) is 3.89. The number of benzene rings is 1. The first kappa shape index (κ1) is 18.6. The van der Waals surface area contributed by atoms with Gasteiger partial charge in [0.05, 0.1) is 19.7 Å². The minimum Gasteiger partial charge on any atom is -0.497 e. The summed E-state index contributed by atoms with van der Waals surface area (Å²) in [6.07, 6.45) is 3.31. The lowest BCUT2D eigenvalue weighted by Crippen LogP contribution is -2.48. The Hall–Kier alpha value is -2.21. The summed E-state index contributed by atoms with van der Waals surface area (Å²) in [5.41, 5.74) is 1.63. The summed E-state index contributed by atoms with van der Waals surface area (Å²) >= 11 is 0. The molecule has 1 aliphatic heterocycles. The third-order valence-electron chi connectivity index (χ3n) is 5.24. The molecule has 1 amide bonds. The molecule has 2 heterocycles. The zero-order valence-corrected chi connectivity index (χ0v) is 16.4. The highest BCUT2D eigenvalue weighted by molar-refractivity contribution is 6.01. The van der Waals surface area contributed by atoms with Gasteiger partial charge in [-0.1, -0.05) is 0 Å². The van der Waals surface area contributed by atoms with Crippen LogP contribution in [0.25, 0.3) is 10.9 Å². The van der Waals surface area contributed by atoms with Crippen LogP contribution < -0.4 is 9.47 Å². The van der Waals surface area contributed by atoms with Crippen molar-refractivity contribution in [2.75, 3.05) is 41.4 Å². The van der Waals surface area contributed by atoms with E-state index in [1.165, 1.54) is 6.42 Å². The number of hydrogen-bond acceptors (Lipinski definition) is 4. The fourth-order valence-electron chi connectivity index (χ4n) is 3.89. The van der Waals surface area contributed by atoms with Crippen LogP contribution in [0.15, 0.2) is 18.2 Å². The van der Waals surface area contributed by atoms with Crippen molar-refractivity contribution in [3.05, 3.63) is 23.9 Å². The van der Waals surface area contributed by atoms with Gasteiger partial charge in [0, 0.05) is 43.7 Å². The SMILES string of the molecule is COc1cc(OC)c2cc(C(=O)N3CCCCC3CN(C)C)n(C)c2c1. The van der Waals surface area contributed by atoms with E-state index in [0.29, 0.717) is 5.69 Å². The summed E-state index contributed by atoms with van der Waals surface area (Å²) in [6, 6.07) is 6.01. The van der Waals surface area contributed by atoms with Gasteiger partial charge in [0.2, 0.25) is 0 Å². The van der Waals surface area contributed by atoms with E-state index >= 15 is 0 Å². The van der Waals surface area contributed by atoms with Crippen LogP contribution in [0.3, 0.4) is 0 Å². The van der Waals surface area contributed by atoms with Crippen molar-refractivity contribution in [1.82, 2.24) is 14.4 Å². The van der Waals surface area contributed by atoms with Crippen molar-refractivity contribution in [3.8, 4) is 11.5 Å². The lowest BCUT2D eigenvalue weighted by Gasteiger charge is -2.37. The molecule has 1 unspecified atom stereocenters. The van der Waals surface area contributed by atoms with Crippen LogP contribution in [0.5, 0.6) is 11.5 Å². The predicted octanol–water partition coefficient (Wildman–Crippen LogP) is 2.75. The number of likely N-dealkylation sites (N-methyl/N-ethyl adjacent to an activating group) is 1. The van der Waals surface area contributed by atoms with Crippen molar-refractivity contribution in [3.63, 3.8) is 0 Å². The van der Waals surface area contributed by atoms with Gasteiger partial charge < -0.3 is 23.8 Å². The molecule has 0 aliphatic carbocycles. The third-order valence-corrected chi connectivity index (χ3v) is 5.24. The highest BCUT2D eigenvalue weighted by Gasteiger charge is 2.30. The topological polar surface area (TPSA) is 46.9 Å². The Labute approximate surface area is 155 Å². The molecule has 6 heteroatoms. The second-order valence-corrected chi connectivity index (χ2v) is 7.26. The Morgan fingerprint density at radius 3 is 2.62 bits per heavy atom. The summed E-state index contributed by atoms with van der Waals surface area (Å²) in [5.74, 6) is 1.53. The van der Waals surface area contributed by atoms with E-state index in [-0.39, 0.29) is 11.9 Å². The third kappa shape index (κ3) is 3.38. The Bertz CT molecular complexity index is 797. The molecule has 0 saturated carbocycles. The monoisotopic (exact) mass is 359 g/mol. The number of ether oxygens (including phenoxy) is 2. The maximum atomic E-state index is 13.4. The zero-order valence-electron chi connectivity index (χ0n) is 16.4. The van der Waals surface area contributed by atoms with Gasteiger partial charge in [-0.25, -0.2) is 0 Å². The lowest BCUT2D eigenvalue weighted by molar-refractivity contribution is 0.0565. The molecule has 3 rings (SSSR count). The number of amides is 1. The van der Waals surface area contributed by atoms with E-state index in [2.05, 4.69) is 19.0 Å². The molecule has 6 nitrogen and oxygen atoms in total. The van der Waals surface area contributed by atoms with Crippen LogP contribution in [0.2, 0.25) is 0 Å². The Balaban J connectivity index is 2.01. The number of fused-ring (bicyclic) bond motifs is 1. The van der Waals surface area contributed by atoms with Gasteiger partial charge >= 0.3 is 0 Å². The summed E-state index contributed by atoms with van der Waals surface area (Å²) in [5, 5.41) is 0.931. The highest BCUT2D eigenvalue weighted by atomic mass is 16.5. The molecule has 1 aromatic carbocycles. The van der Waals surface area contributed by atoms with Crippen LogP contribution in [0.4, 0.5) is 0 Å². The number of aryl methyl sites for hydroxylation is 1. The van der Waals surface area contributed by atoms with Gasteiger partial charge in [-0.15, -0.1) is 0 Å². The highest BCUT2D eigenvalue weighted by Crippen LogP contribution is 2.34. The first-order valence-corrected chi connectivity index (χ1v) is 9.13. The largest absolute Gasteiger partial charge is 0.497 e. The molecule has 1 saturated heterocycles. The van der Waals surface area contributed by atoms with E-state index in [9.17, 15) is 4.79 Å². The molecule has 26 heavy (non-hydrogen) atoms.